The highest BCUT2D eigenvalue weighted by Crippen LogP contribution is 2.32. The van der Waals surface area contributed by atoms with Crippen molar-refractivity contribution in [3.05, 3.63) is 18.5 Å². The lowest BCUT2D eigenvalue weighted by Crippen LogP contribution is -2.55. The zero-order valence-electron chi connectivity index (χ0n) is 16.6. The summed E-state index contributed by atoms with van der Waals surface area (Å²) < 4.78 is 0. The second kappa shape index (κ2) is 9.62. The number of aliphatic hydroxyl groups excluding tert-OH is 1. The number of imide groups is 1. The van der Waals surface area contributed by atoms with E-state index in [9.17, 15) is 14.7 Å². The third-order valence-corrected chi connectivity index (χ3v) is 5.46. The van der Waals surface area contributed by atoms with Gasteiger partial charge in [0.05, 0.1) is 0 Å². The van der Waals surface area contributed by atoms with Gasteiger partial charge in [0.2, 0.25) is 11.9 Å². The van der Waals surface area contributed by atoms with Gasteiger partial charge in [-0.05, 0) is 25.5 Å². The van der Waals surface area contributed by atoms with Crippen LogP contribution in [0.2, 0.25) is 0 Å². The van der Waals surface area contributed by atoms with Crippen LogP contribution in [-0.2, 0) is 9.59 Å². The van der Waals surface area contributed by atoms with E-state index >= 15 is 0 Å². The Kier molecular flexibility index (Phi) is 7.74. The quantitative estimate of drug-likeness (QED) is 0.550. The normalized spacial score (nSPS) is 22.9. The van der Waals surface area contributed by atoms with Gasteiger partial charge in [0.25, 0.3) is 5.91 Å². The van der Waals surface area contributed by atoms with Crippen LogP contribution in [-0.4, -0.2) is 82.1 Å². The first-order valence-electron chi connectivity index (χ1n) is 9.65. The van der Waals surface area contributed by atoms with Crippen molar-refractivity contribution in [3.63, 3.8) is 0 Å². The molecule has 156 valence electrons. The van der Waals surface area contributed by atoms with E-state index in [0.29, 0.717) is 6.54 Å². The fourth-order valence-electron chi connectivity index (χ4n) is 3.65. The average molecular weight is 412 g/mol. The summed E-state index contributed by atoms with van der Waals surface area (Å²) in [5.41, 5.74) is -0.674. The Labute approximate surface area is 172 Å². The lowest BCUT2D eigenvalue weighted by atomic mass is 9.79. The van der Waals surface area contributed by atoms with Crippen LogP contribution < -0.4 is 4.90 Å². The molecular formula is C19H30ClN5O3. The van der Waals surface area contributed by atoms with E-state index in [-0.39, 0.29) is 24.7 Å². The standard InChI is InChI=1S/C19H29N5O3.ClH/c1-19(2)14-15(25)24(17(27)16(19)26)9-4-3-8-22-10-12-23(13-11-22)18-20-6-5-7-21-18;/h5-7,16,26H,3-4,8-14H2,1-2H3;1H. The summed E-state index contributed by atoms with van der Waals surface area (Å²) in [7, 11) is 0. The predicted molar refractivity (Wildman–Crippen MR) is 108 cm³/mol. The lowest BCUT2D eigenvalue weighted by Gasteiger charge is -2.39. The van der Waals surface area contributed by atoms with Gasteiger partial charge in [0.15, 0.2) is 0 Å². The van der Waals surface area contributed by atoms with Gasteiger partial charge < -0.3 is 10.0 Å². The second-order valence-electron chi connectivity index (χ2n) is 8.04. The van der Waals surface area contributed by atoms with E-state index in [4.69, 9.17) is 0 Å². The van der Waals surface area contributed by atoms with Crippen LogP contribution in [0.1, 0.15) is 33.1 Å². The molecule has 3 heterocycles. The van der Waals surface area contributed by atoms with Crippen LogP contribution in [0.15, 0.2) is 18.5 Å². The number of aliphatic hydroxyl groups is 1. The molecule has 9 heteroatoms. The number of hydrogen-bond acceptors (Lipinski definition) is 7. The summed E-state index contributed by atoms with van der Waals surface area (Å²) in [6.07, 6.45) is 4.31. The minimum absolute atomic E-state index is 0. The number of anilines is 1. The molecule has 2 fully saturated rings. The minimum Gasteiger partial charge on any atom is -0.383 e. The average Bonchev–Trinajstić information content (AvgIpc) is 2.66. The van der Waals surface area contributed by atoms with E-state index in [1.165, 1.54) is 4.90 Å². The zero-order valence-corrected chi connectivity index (χ0v) is 17.4. The van der Waals surface area contributed by atoms with Gasteiger partial charge in [-0.2, -0.15) is 0 Å². The molecule has 1 atom stereocenters. The van der Waals surface area contributed by atoms with Crippen molar-refractivity contribution in [2.45, 2.75) is 39.2 Å². The van der Waals surface area contributed by atoms with E-state index in [2.05, 4.69) is 19.8 Å². The van der Waals surface area contributed by atoms with Crippen molar-refractivity contribution in [3.8, 4) is 0 Å². The number of likely N-dealkylation sites (tertiary alicyclic amines) is 1. The molecular weight excluding hydrogens is 382 g/mol. The maximum atomic E-state index is 12.2. The molecule has 2 amide bonds. The number of amides is 2. The van der Waals surface area contributed by atoms with Gasteiger partial charge in [0, 0.05) is 57.0 Å². The summed E-state index contributed by atoms with van der Waals surface area (Å²) in [6, 6.07) is 1.82. The zero-order chi connectivity index (χ0) is 19.4. The second-order valence-corrected chi connectivity index (χ2v) is 8.04. The van der Waals surface area contributed by atoms with Crippen molar-refractivity contribution in [2.24, 2.45) is 5.41 Å². The van der Waals surface area contributed by atoms with Gasteiger partial charge in [-0.1, -0.05) is 13.8 Å². The monoisotopic (exact) mass is 411 g/mol. The topological polar surface area (TPSA) is 89.9 Å². The molecule has 1 unspecified atom stereocenters. The number of piperazine rings is 1. The molecule has 1 aromatic rings. The first-order chi connectivity index (χ1) is 12.9. The molecule has 1 N–H and O–H groups in total. The number of halogens is 1. The highest BCUT2D eigenvalue weighted by molar-refractivity contribution is 6.00. The fraction of sp³-hybridized carbons (Fsp3) is 0.684. The number of nitrogens with zero attached hydrogens (tertiary/aromatic N) is 5. The molecule has 28 heavy (non-hydrogen) atoms. The van der Waals surface area contributed by atoms with Crippen LogP contribution in [0.3, 0.4) is 0 Å². The lowest BCUT2D eigenvalue weighted by molar-refractivity contribution is -0.164. The maximum Gasteiger partial charge on any atom is 0.258 e. The molecule has 2 aliphatic rings. The summed E-state index contributed by atoms with van der Waals surface area (Å²) in [4.78, 5) is 38.8. The van der Waals surface area contributed by atoms with Crippen LogP contribution >= 0.6 is 12.4 Å². The third kappa shape index (κ3) is 5.18. The van der Waals surface area contributed by atoms with Crippen LogP contribution in [0.5, 0.6) is 0 Å². The van der Waals surface area contributed by atoms with Gasteiger partial charge in [0.1, 0.15) is 6.10 Å². The number of rotatable bonds is 6. The molecule has 3 rings (SSSR count). The highest BCUT2D eigenvalue weighted by Gasteiger charge is 2.45. The first-order valence-corrected chi connectivity index (χ1v) is 9.65. The van der Waals surface area contributed by atoms with Gasteiger partial charge >= 0.3 is 0 Å². The maximum absolute atomic E-state index is 12.2. The SMILES string of the molecule is CC1(C)CC(=O)N(CCCCN2CCN(c3ncccn3)CC2)C(=O)C1O.Cl. The Morgan fingerprint density at radius 3 is 2.32 bits per heavy atom. The van der Waals surface area contributed by atoms with E-state index in [1.807, 2.05) is 6.07 Å². The number of unbranched alkanes of at least 4 members (excludes halogenated alkanes) is 1. The van der Waals surface area contributed by atoms with Crippen molar-refractivity contribution in [1.82, 2.24) is 19.8 Å². The summed E-state index contributed by atoms with van der Waals surface area (Å²) >= 11 is 0. The largest absolute Gasteiger partial charge is 0.383 e. The minimum atomic E-state index is -1.09. The Bertz CT molecular complexity index is 665. The van der Waals surface area contributed by atoms with Gasteiger partial charge in [-0.25, -0.2) is 9.97 Å². The van der Waals surface area contributed by atoms with Crippen LogP contribution in [0, 0.1) is 5.41 Å². The summed E-state index contributed by atoms with van der Waals surface area (Å²) in [5, 5.41) is 10.1. The third-order valence-electron chi connectivity index (χ3n) is 5.46. The number of piperidine rings is 1. The van der Waals surface area contributed by atoms with E-state index in [0.717, 1.165) is 51.5 Å². The van der Waals surface area contributed by atoms with Crippen LogP contribution in [0.4, 0.5) is 5.95 Å². The van der Waals surface area contributed by atoms with Crippen molar-refractivity contribution >= 4 is 30.2 Å². The molecule has 8 nitrogen and oxygen atoms in total. The molecule has 0 aliphatic carbocycles. The number of carbonyl (C=O) groups is 2. The Morgan fingerprint density at radius 2 is 1.68 bits per heavy atom. The molecule has 2 aliphatic heterocycles. The molecule has 0 radical (unpaired) electrons. The fourth-order valence-corrected chi connectivity index (χ4v) is 3.65. The molecule has 0 spiro atoms. The number of hydrogen-bond donors (Lipinski definition) is 1. The molecule has 0 bridgehead atoms. The summed E-state index contributed by atoms with van der Waals surface area (Å²) in [6.45, 7) is 8.54. The van der Waals surface area contributed by atoms with Gasteiger partial charge in [-0.3, -0.25) is 19.4 Å². The van der Waals surface area contributed by atoms with Crippen molar-refractivity contribution in [1.29, 1.82) is 0 Å². The Balaban J connectivity index is 0.00000280. The smallest absolute Gasteiger partial charge is 0.258 e. The van der Waals surface area contributed by atoms with E-state index < -0.39 is 17.4 Å². The van der Waals surface area contributed by atoms with Crippen LogP contribution in [0.25, 0.3) is 0 Å². The number of aromatic nitrogens is 2. The molecule has 0 saturated carbocycles. The Morgan fingerprint density at radius 1 is 1.07 bits per heavy atom. The molecule has 2 saturated heterocycles. The highest BCUT2D eigenvalue weighted by atomic mass is 35.5. The van der Waals surface area contributed by atoms with Crippen molar-refractivity contribution < 1.29 is 14.7 Å². The molecule has 0 aromatic carbocycles. The number of carbonyl (C=O) groups excluding carboxylic acids is 2. The molecule has 1 aromatic heterocycles. The predicted octanol–water partition coefficient (Wildman–Crippen LogP) is 0.947. The first kappa shape index (κ1) is 22.5. The van der Waals surface area contributed by atoms with Crippen molar-refractivity contribution in [2.75, 3.05) is 44.2 Å². The van der Waals surface area contributed by atoms with E-state index in [1.54, 1.807) is 26.2 Å². The summed E-state index contributed by atoms with van der Waals surface area (Å²) in [5.74, 6) is 0.153. The van der Waals surface area contributed by atoms with Gasteiger partial charge in [-0.15, -0.1) is 12.4 Å². The Hall–Kier alpha value is -1.77.